The van der Waals surface area contributed by atoms with Crippen molar-refractivity contribution < 1.29 is 9.59 Å². The first-order valence-corrected chi connectivity index (χ1v) is 9.34. The van der Waals surface area contributed by atoms with Gasteiger partial charge in [-0.05, 0) is 37.5 Å². The maximum atomic E-state index is 12.6. The molecule has 2 aliphatic rings. The van der Waals surface area contributed by atoms with Crippen molar-refractivity contribution in [3.8, 4) is 0 Å². The zero-order valence-electron chi connectivity index (χ0n) is 14.7. The van der Waals surface area contributed by atoms with E-state index >= 15 is 0 Å². The Morgan fingerprint density at radius 2 is 2.04 bits per heavy atom. The standard InChI is InChI=1S/C18H22ClN5O2/c1-23-7-6-15(18(23)26)24-8-4-12(5-9-24)20-17(25)16-13-10-11(19)2-3-14(13)21-22-16/h2-3,10,12,15H,4-9H2,1H3,(H,20,25)(H,21,22)/t15-/m0/s1. The molecule has 2 aliphatic heterocycles. The lowest BCUT2D eigenvalue weighted by Gasteiger charge is -2.35. The molecule has 2 aromatic rings. The number of fused-ring (bicyclic) bond motifs is 1. The van der Waals surface area contributed by atoms with Crippen LogP contribution in [0.1, 0.15) is 29.8 Å². The Morgan fingerprint density at radius 1 is 1.27 bits per heavy atom. The SMILES string of the molecule is CN1CC[C@H](N2CCC(NC(=O)c3n[nH]c4ccc(Cl)cc34)CC2)C1=O. The fraction of sp³-hybridized carbons (Fsp3) is 0.500. The number of nitrogens with one attached hydrogen (secondary N) is 2. The van der Waals surface area contributed by atoms with E-state index in [2.05, 4.69) is 20.4 Å². The van der Waals surface area contributed by atoms with Gasteiger partial charge in [0.1, 0.15) is 0 Å². The Kier molecular flexibility index (Phi) is 4.58. The van der Waals surface area contributed by atoms with Gasteiger partial charge in [0, 0.05) is 43.1 Å². The molecule has 1 aromatic heterocycles. The first-order valence-electron chi connectivity index (χ1n) is 8.96. The second-order valence-corrected chi connectivity index (χ2v) is 7.55. The molecule has 7 nitrogen and oxygen atoms in total. The molecule has 1 aromatic carbocycles. The van der Waals surface area contributed by atoms with Crippen molar-refractivity contribution in [1.29, 1.82) is 0 Å². The summed E-state index contributed by atoms with van der Waals surface area (Å²) in [5, 5.41) is 11.4. The Morgan fingerprint density at radius 3 is 2.73 bits per heavy atom. The minimum absolute atomic E-state index is 0.00841. The smallest absolute Gasteiger partial charge is 0.272 e. The number of halogens is 1. The average molecular weight is 376 g/mol. The Balaban J connectivity index is 1.37. The minimum Gasteiger partial charge on any atom is -0.348 e. The summed E-state index contributed by atoms with van der Waals surface area (Å²) < 4.78 is 0. The third-order valence-corrected chi connectivity index (χ3v) is 5.68. The number of rotatable bonds is 3. The number of hydrogen-bond donors (Lipinski definition) is 2. The van der Waals surface area contributed by atoms with Crippen LogP contribution in [-0.2, 0) is 4.79 Å². The molecule has 138 valence electrons. The zero-order chi connectivity index (χ0) is 18.3. The molecule has 0 radical (unpaired) electrons. The molecule has 8 heteroatoms. The Bertz CT molecular complexity index is 843. The number of amides is 2. The van der Waals surface area contributed by atoms with Gasteiger partial charge in [-0.1, -0.05) is 11.6 Å². The van der Waals surface area contributed by atoms with Gasteiger partial charge in [0.2, 0.25) is 5.91 Å². The highest BCUT2D eigenvalue weighted by molar-refractivity contribution is 6.31. The van der Waals surface area contributed by atoms with E-state index in [0.717, 1.165) is 49.8 Å². The third-order valence-electron chi connectivity index (χ3n) is 5.44. The molecular weight excluding hydrogens is 354 g/mol. The van der Waals surface area contributed by atoms with Crippen molar-refractivity contribution in [2.45, 2.75) is 31.3 Å². The highest BCUT2D eigenvalue weighted by Gasteiger charge is 2.36. The van der Waals surface area contributed by atoms with Crippen LogP contribution >= 0.6 is 11.6 Å². The summed E-state index contributed by atoms with van der Waals surface area (Å²) in [5.41, 5.74) is 1.16. The highest BCUT2D eigenvalue weighted by Crippen LogP contribution is 2.23. The maximum Gasteiger partial charge on any atom is 0.272 e. The number of carbonyl (C=O) groups is 2. The molecule has 0 bridgehead atoms. The topological polar surface area (TPSA) is 81.3 Å². The zero-order valence-corrected chi connectivity index (χ0v) is 15.4. The second kappa shape index (κ2) is 6.89. The lowest BCUT2D eigenvalue weighted by Crippen LogP contribution is -2.50. The highest BCUT2D eigenvalue weighted by atomic mass is 35.5. The number of benzene rings is 1. The number of carbonyl (C=O) groups excluding carboxylic acids is 2. The van der Waals surface area contributed by atoms with Crippen LogP contribution in [0.5, 0.6) is 0 Å². The van der Waals surface area contributed by atoms with E-state index in [1.165, 1.54) is 0 Å². The normalized spacial score (nSPS) is 22.3. The van der Waals surface area contributed by atoms with Gasteiger partial charge >= 0.3 is 0 Å². The van der Waals surface area contributed by atoms with Gasteiger partial charge in [0.05, 0.1) is 11.6 Å². The summed E-state index contributed by atoms with van der Waals surface area (Å²) in [4.78, 5) is 28.8. The van der Waals surface area contributed by atoms with Crippen molar-refractivity contribution in [3.63, 3.8) is 0 Å². The molecule has 1 atom stereocenters. The number of H-pyrrole nitrogens is 1. The van der Waals surface area contributed by atoms with Crippen LogP contribution in [-0.4, -0.2) is 70.6 Å². The van der Waals surface area contributed by atoms with Crippen molar-refractivity contribution >= 4 is 34.3 Å². The molecule has 4 rings (SSSR count). The minimum atomic E-state index is -0.186. The molecule has 2 N–H and O–H groups in total. The van der Waals surface area contributed by atoms with Gasteiger partial charge in [-0.25, -0.2) is 0 Å². The molecule has 0 saturated carbocycles. The first-order chi connectivity index (χ1) is 12.5. The van der Waals surface area contributed by atoms with Crippen molar-refractivity contribution in [1.82, 2.24) is 25.3 Å². The summed E-state index contributed by atoms with van der Waals surface area (Å²) >= 11 is 6.03. The number of aromatic nitrogens is 2. The van der Waals surface area contributed by atoms with Crippen LogP contribution < -0.4 is 5.32 Å². The third kappa shape index (κ3) is 3.17. The maximum absolute atomic E-state index is 12.6. The molecule has 0 spiro atoms. The van der Waals surface area contributed by atoms with E-state index in [4.69, 9.17) is 11.6 Å². The summed E-state index contributed by atoms with van der Waals surface area (Å²) in [6.45, 7) is 2.47. The van der Waals surface area contributed by atoms with E-state index in [0.29, 0.717) is 10.7 Å². The Hall–Kier alpha value is -2.12. The number of nitrogens with zero attached hydrogens (tertiary/aromatic N) is 3. The van der Waals surface area contributed by atoms with E-state index in [-0.39, 0.29) is 23.9 Å². The van der Waals surface area contributed by atoms with E-state index in [9.17, 15) is 9.59 Å². The summed E-state index contributed by atoms with van der Waals surface area (Å²) in [6, 6.07) is 5.43. The fourth-order valence-corrected chi connectivity index (χ4v) is 4.08. The second-order valence-electron chi connectivity index (χ2n) is 7.11. The molecule has 2 fully saturated rings. The average Bonchev–Trinajstić information content (AvgIpc) is 3.19. The quantitative estimate of drug-likeness (QED) is 0.854. The van der Waals surface area contributed by atoms with Gasteiger partial charge in [0.25, 0.3) is 5.91 Å². The van der Waals surface area contributed by atoms with Crippen LogP contribution in [0.4, 0.5) is 0 Å². The van der Waals surface area contributed by atoms with Crippen molar-refractivity contribution in [2.24, 2.45) is 0 Å². The molecule has 2 amide bonds. The van der Waals surface area contributed by atoms with Crippen LogP contribution in [0.25, 0.3) is 10.9 Å². The largest absolute Gasteiger partial charge is 0.348 e. The van der Waals surface area contributed by atoms with E-state index in [1.54, 1.807) is 17.0 Å². The van der Waals surface area contributed by atoms with E-state index < -0.39 is 0 Å². The summed E-state index contributed by atoms with van der Waals surface area (Å²) in [6.07, 6.45) is 2.57. The summed E-state index contributed by atoms with van der Waals surface area (Å²) in [7, 11) is 1.86. The predicted molar refractivity (Wildman–Crippen MR) is 99.2 cm³/mol. The van der Waals surface area contributed by atoms with Gasteiger partial charge < -0.3 is 10.2 Å². The van der Waals surface area contributed by atoms with Gasteiger partial charge in [-0.3, -0.25) is 19.6 Å². The van der Waals surface area contributed by atoms with Crippen LogP contribution in [0, 0.1) is 0 Å². The molecule has 2 saturated heterocycles. The van der Waals surface area contributed by atoms with Gasteiger partial charge in [-0.15, -0.1) is 0 Å². The van der Waals surface area contributed by atoms with Gasteiger partial charge in [-0.2, -0.15) is 5.10 Å². The van der Waals surface area contributed by atoms with E-state index in [1.807, 2.05) is 13.1 Å². The van der Waals surface area contributed by atoms with Gasteiger partial charge in [0.15, 0.2) is 5.69 Å². The van der Waals surface area contributed by atoms with Crippen LogP contribution in [0.3, 0.4) is 0 Å². The lowest BCUT2D eigenvalue weighted by molar-refractivity contribution is -0.131. The van der Waals surface area contributed by atoms with Crippen molar-refractivity contribution in [3.05, 3.63) is 28.9 Å². The molecule has 3 heterocycles. The fourth-order valence-electron chi connectivity index (χ4n) is 3.91. The molecule has 0 unspecified atom stereocenters. The Labute approximate surface area is 156 Å². The summed E-state index contributed by atoms with van der Waals surface area (Å²) in [5.74, 6) is 0.0287. The van der Waals surface area contributed by atoms with Crippen LogP contribution in [0.15, 0.2) is 18.2 Å². The first kappa shape index (κ1) is 17.3. The monoisotopic (exact) mass is 375 g/mol. The predicted octanol–water partition coefficient (Wildman–Crippen LogP) is 1.64. The van der Waals surface area contributed by atoms with Crippen molar-refractivity contribution in [2.75, 3.05) is 26.7 Å². The number of aromatic amines is 1. The molecule has 26 heavy (non-hydrogen) atoms. The van der Waals surface area contributed by atoms with Crippen LogP contribution in [0.2, 0.25) is 5.02 Å². The number of hydrogen-bond acceptors (Lipinski definition) is 4. The lowest BCUT2D eigenvalue weighted by atomic mass is 10.0. The number of piperidine rings is 1. The molecular formula is C18H22ClN5O2. The number of likely N-dealkylation sites (tertiary alicyclic amines) is 2. The molecule has 0 aliphatic carbocycles. The number of likely N-dealkylation sites (N-methyl/N-ethyl adjacent to an activating group) is 1.